The Bertz CT molecular complexity index is 794. The number of halogens is 1. The molecule has 0 spiro atoms. The Morgan fingerprint density at radius 3 is 2.91 bits per heavy atom. The van der Waals surface area contributed by atoms with Crippen LogP contribution in [0, 0.1) is 0 Å². The molecule has 1 aromatic heterocycles. The fraction of sp³-hybridized carbons (Fsp3) is 0.333. The number of aromatic nitrogens is 2. The van der Waals surface area contributed by atoms with Gasteiger partial charge in [-0.25, -0.2) is 4.98 Å². The summed E-state index contributed by atoms with van der Waals surface area (Å²) in [6.45, 7) is 0.464. The standard InChI is InChI=1S/C15H14BrN3O3/c16-9-1-3-12-11(5-9)15(22)19(8-18-12)10-2-4-13(17-6-10)14(21)7-20/h1,3,5,7-8,10,13,17H,2,4,6H2. The average Bonchev–Trinajstić information content (AvgIpc) is 2.55. The van der Waals surface area contributed by atoms with Crippen molar-refractivity contribution in [3.63, 3.8) is 0 Å². The average molecular weight is 364 g/mol. The van der Waals surface area contributed by atoms with Gasteiger partial charge in [-0.2, -0.15) is 0 Å². The molecule has 0 aliphatic carbocycles. The van der Waals surface area contributed by atoms with Gasteiger partial charge in [0.1, 0.15) is 0 Å². The van der Waals surface area contributed by atoms with E-state index in [2.05, 4.69) is 26.2 Å². The summed E-state index contributed by atoms with van der Waals surface area (Å²) in [5.74, 6) is -0.439. The third-order valence-corrected chi connectivity index (χ3v) is 4.48. The number of rotatable bonds is 3. The molecule has 2 heterocycles. The maximum Gasteiger partial charge on any atom is 0.261 e. The number of benzene rings is 1. The smallest absolute Gasteiger partial charge is 0.261 e. The molecule has 7 heteroatoms. The van der Waals surface area contributed by atoms with E-state index in [1.54, 1.807) is 23.0 Å². The van der Waals surface area contributed by atoms with Crippen LogP contribution >= 0.6 is 15.9 Å². The molecule has 2 atom stereocenters. The highest BCUT2D eigenvalue weighted by molar-refractivity contribution is 9.10. The maximum atomic E-state index is 12.6. The van der Waals surface area contributed by atoms with E-state index in [-0.39, 0.29) is 11.6 Å². The lowest BCUT2D eigenvalue weighted by atomic mass is 9.98. The molecule has 1 N–H and O–H groups in total. The molecule has 1 aromatic carbocycles. The lowest BCUT2D eigenvalue weighted by molar-refractivity contribution is -0.131. The van der Waals surface area contributed by atoms with Crippen molar-refractivity contribution in [1.29, 1.82) is 0 Å². The van der Waals surface area contributed by atoms with Crippen LogP contribution < -0.4 is 10.9 Å². The Kier molecular flexibility index (Phi) is 4.17. The summed E-state index contributed by atoms with van der Waals surface area (Å²) in [6.07, 6.45) is 3.08. The van der Waals surface area contributed by atoms with E-state index in [4.69, 9.17) is 0 Å². The number of hydrogen-bond donors (Lipinski definition) is 1. The first-order valence-electron chi connectivity index (χ1n) is 6.99. The van der Waals surface area contributed by atoms with Gasteiger partial charge in [-0.1, -0.05) is 15.9 Å². The molecule has 6 nitrogen and oxygen atoms in total. The zero-order chi connectivity index (χ0) is 15.7. The molecule has 2 unspecified atom stereocenters. The van der Waals surface area contributed by atoms with Gasteiger partial charge < -0.3 is 5.32 Å². The van der Waals surface area contributed by atoms with Crippen LogP contribution in [0.1, 0.15) is 18.9 Å². The van der Waals surface area contributed by atoms with Crippen molar-refractivity contribution >= 4 is 38.9 Å². The zero-order valence-corrected chi connectivity index (χ0v) is 13.2. The third-order valence-electron chi connectivity index (χ3n) is 3.99. The lowest BCUT2D eigenvalue weighted by Crippen LogP contribution is -2.46. The monoisotopic (exact) mass is 363 g/mol. The van der Waals surface area contributed by atoms with Crippen molar-refractivity contribution < 1.29 is 9.59 Å². The number of piperidine rings is 1. The number of carbonyl (C=O) groups is 2. The lowest BCUT2D eigenvalue weighted by Gasteiger charge is -2.29. The Balaban J connectivity index is 1.89. The first kappa shape index (κ1) is 15.1. The van der Waals surface area contributed by atoms with Gasteiger partial charge >= 0.3 is 0 Å². The third kappa shape index (κ3) is 2.74. The van der Waals surface area contributed by atoms with Gasteiger partial charge in [-0.3, -0.25) is 19.0 Å². The van der Waals surface area contributed by atoms with Crippen molar-refractivity contribution in [3.05, 3.63) is 39.4 Å². The van der Waals surface area contributed by atoms with Crippen LogP contribution in [-0.4, -0.2) is 34.2 Å². The molecular weight excluding hydrogens is 350 g/mol. The summed E-state index contributed by atoms with van der Waals surface area (Å²) in [7, 11) is 0. The second kappa shape index (κ2) is 6.10. The first-order chi connectivity index (χ1) is 10.6. The molecule has 0 amide bonds. The molecule has 22 heavy (non-hydrogen) atoms. The molecule has 3 rings (SSSR count). The number of hydrogen-bond acceptors (Lipinski definition) is 5. The number of ketones is 1. The van der Waals surface area contributed by atoms with E-state index in [9.17, 15) is 14.4 Å². The molecule has 0 bridgehead atoms. The SMILES string of the molecule is O=CC(=O)C1CCC(n2cnc3ccc(Br)cc3c2=O)CN1. The highest BCUT2D eigenvalue weighted by Crippen LogP contribution is 2.20. The molecule has 2 aromatic rings. The number of carbonyl (C=O) groups excluding carboxylic acids is 2. The topological polar surface area (TPSA) is 81.1 Å². The van der Waals surface area contributed by atoms with Crippen LogP contribution in [0.5, 0.6) is 0 Å². The molecule has 114 valence electrons. The summed E-state index contributed by atoms with van der Waals surface area (Å²) in [5, 5.41) is 3.59. The highest BCUT2D eigenvalue weighted by atomic mass is 79.9. The molecule has 0 radical (unpaired) electrons. The zero-order valence-electron chi connectivity index (χ0n) is 11.7. The first-order valence-corrected chi connectivity index (χ1v) is 7.78. The van der Waals surface area contributed by atoms with Gasteiger partial charge in [-0.05, 0) is 31.0 Å². The van der Waals surface area contributed by atoms with Crippen molar-refractivity contribution in [2.24, 2.45) is 0 Å². The van der Waals surface area contributed by atoms with Crippen LogP contribution in [0.15, 0.2) is 33.8 Å². The van der Waals surface area contributed by atoms with Crippen molar-refractivity contribution in [3.8, 4) is 0 Å². The van der Waals surface area contributed by atoms with Crippen molar-refractivity contribution in [1.82, 2.24) is 14.9 Å². The van der Waals surface area contributed by atoms with E-state index in [1.807, 2.05) is 6.07 Å². The Hall–Kier alpha value is -1.86. The predicted octanol–water partition coefficient (Wildman–Crippen LogP) is 1.22. The minimum absolute atomic E-state index is 0.0703. The number of Topliss-reactive ketones (excluding diaryl/α,β-unsaturated/α-hetero) is 1. The summed E-state index contributed by atoms with van der Waals surface area (Å²) in [5.41, 5.74) is 0.556. The van der Waals surface area contributed by atoms with Gasteiger partial charge in [0.25, 0.3) is 5.56 Å². The van der Waals surface area contributed by atoms with Gasteiger partial charge in [0.15, 0.2) is 6.29 Å². The van der Waals surface area contributed by atoms with E-state index < -0.39 is 11.8 Å². The normalized spacial score (nSPS) is 21.7. The minimum Gasteiger partial charge on any atom is -0.305 e. The summed E-state index contributed by atoms with van der Waals surface area (Å²) in [4.78, 5) is 38.8. The van der Waals surface area contributed by atoms with Crippen LogP contribution in [0.4, 0.5) is 0 Å². The van der Waals surface area contributed by atoms with Gasteiger partial charge in [0.2, 0.25) is 5.78 Å². The number of nitrogens with one attached hydrogen (secondary N) is 1. The largest absolute Gasteiger partial charge is 0.305 e. The van der Waals surface area contributed by atoms with Crippen molar-refractivity contribution in [2.45, 2.75) is 24.9 Å². The fourth-order valence-corrected chi connectivity index (χ4v) is 3.13. The van der Waals surface area contributed by atoms with E-state index in [0.717, 1.165) is 4.47 Å². The Labute approximate surface area is 134 Å². The van der Waals surface area contributed by atoms with E-state index in [1.165, 1.54) is 0 Å². The second-order valence-electron chi connectivity index (χ2n) is 5.33. The molecule has 0 saturated carbocycles. The maximum absolute atomic E-state index is 12.6. The quantitative estimate of drug-likeness (QED) is 0.654. The predicted molar refractivity (Wildman–Crippen MR) is 84.8 cm³/mol. The number of fused-ring (bicyclic) bond motifs is 1. The van der Waals surface area contributed by atoms with Gasteiger partial charge in [0, 0.05) is 11.0 Å². The fourth-order valence-electron chi connectivity index (χ4n) is 2.77. The summed E-state index contributed by atoms with van der Waals surface area (Å²) >= 11 is 3.36. The van der Waals surface area contributed by atoms with Crippen LogP contribution in [0.3, 0.4) is 0 Å². The molecular formula is C15H14BrN3O3. The second-order valence-corrected chi connectivity index (χ2v) is 6.25. The molecule has 1 aliphatic heterocycles. The molecule has 1 saturated heterocycles. The molecule has 1 fully saturated rings. The number of nitrogens with zero attached hydrogens (tertiary/aromatic N) is 2. The van der Waals surface area contributed by atoms with Gasteiger partial charge in [-0.15, -0.1) is 0 Å². The molecule has 1 aliphatic rings. The van der Waals surface area contributed by atoms with Crippen LogP contribution in [0.25, 0.3) is 10.9 Å². The van der Waals surface area contributed by atoms with Gasteiger partial charge in [0.05, 0.1) is 29.3 Å². The van der Waals surface area contributed by atoms with Crippen molar-refractivity contribution in [2.75, 3.05) is 6.54 Å². The van der Waals surface area contributed by atoms with E-state index in [0.29, 0.717) is 36.6 Å². The Morgan fingerprint density at radius 2 is 2.23 bits per heavy atom. The van der Waals surface area contributed by atoms with Crippen LogP contribution in [0.2, 0.25) is 0 Å². The number of aldehydes is 1. The van der Waals surface area contributed by atoms with Crippen LogP contribution in [-0.2, 0) is 9.59 Å². The Morgan fingerprint density at radius 1 is 1.41 bits per heavy atom. The minimum atomic E-state index is -0.439. The summed E-state index contributed by atoms with van der Waals surface area (Å²) < 4.78 is 2.43. The highest BCUT2D eigenvalue weighted by Gasteiger charge is 2.26. The summed E-state index contributed by atoms with van der Waals surface area (Å²) in [6, 6.07) is 4.89. The van der Waals surface area contributed by atoms with E-state index >= 15 is 0 Å².